The zero-order valence-corrected chi connectivity index (χ0v) is 12.9. The fourth-order valence-corrected chi connectivity index (χ4v) is 3.97. The van der Waals surface area contributed by atoms with Crippen molar-refractivity contribution in [1.29, 1.82) is 0 Å². The number of rotatable bonds is 1. The van der Waals surface area contributed by atoms with E-state index in [1.165, 1.54) is 34.2 Å². The monoisotopic (exact) mass is 279 g/mol. The first-order chi connectivity index (χ1) is 10.2. The summed E-state index contributed by atoms with van der Waals surface area (Å²) in [7, 11) is 4.01. The van der Waals surface area contributed by atoms with E-state index in [0.717, 1.165) is 18.7 Å². The third-order valence-electron chi connectivity index (χ3n) is 5.12. The largest absolute Gasteiger partial charge is 0.496 e. The molecule has 1 aliphatic heterocycles. The predicted molar refractivity (Wildman–Crippen MR) is 85.9 cm³/mol. The maximum atomic E-state index is 5.52. The summed E-state index contributed by atoms with van der Waals surface area (Å²) >= 11 is 0. The number of likely N-dealkylation sites (N-methyl/N-ethyl adjacent to an activating group) is 1. The summed E-state index contributed by atoms with van der Waals surface area (Å²) in [5, 5.41) is 0. The molecule has 1 heterocycles. The Morgan fingerprint density at radius 2 is 2.00 bits per heavy atom. The molecule has 0 fully saturated rings. The van der Waals surface area contributed by atoms with Gasteiger partial charge in [0.05, 0.1) is 7.11 Å². The Bertz CT molecular complexity index is 720. The van der Waals surface area contributed by atoms with Crippen molar-refractivity contribution in [3.8, 4) is 16.9 Å². The average Bonchev–Trinajstić information content (AvgIpc) is 2.50. The molecule has 2 aromatic carbocycles. The van der Waals surface area contributed by atoms with Crippen LogP contribution >= 0.6 is 0 Å². The smallest absolute Gasteiger partial charge is 0.122 e. The number of hydrogen-bond donors (Lipinski definition) is 0. The zero-order valence-electron chi connectivity index (χ0n) is 12.9. The molecular weight excluding hydrogens is 258 g/mol. The lowest BCUT2D eigenvalue weighted by molar-refractivity contribution is 0.228. The molecule has 2 aromatic rings. The van der Waals surface area contributed by atoms with Crippen molar-refractivity contribution in [2.75, 3.05) is 20.7 Å². The van der Waals surface area contributed by atoms with Crippen LogP contribution in [0.4, 0.5) is 0 Å². The maximum Gasteiger partial charge on any atom is 0.122 e. The van der Waals surface area contributed by atoms with E-state index in [2.05, 4.69) is 49.2 Å². The van der Waals surface area contributed by atoms with Gasteiger partial charge in [0.2, 0.25) is 0 Å². The van der Waals surface area contributed by atoms with Gasteiger partial charge in [-0.2, -0.15) is 0 Å². The van der Waals surface area contributed by atoms with Gasteiger partial charge in [0.1, 0.15) is 5.75 Å². The summed E-state index contributed by atoms with van der Waals surface area (Å²) < 4.78 is 5.52. The van der Waals surface area contributed by atoms with E-state index in [0.29, 0.717) is 6.04 Å². The second-order valence-electron chi connectivity index (χ2n) is 6.31. The molecule has 0 aromatic heterocycles. The van der Waals surface area contributed by atoms with Crippen molar-refractivity contribution < 1.29 is 4.74 Å². The van der Waals surface area contributed by atoms with Gasteiger partial charge < -0.3 is 4.74 Å². The minimum Gasteiger partial charge on any atom is -0.496 e. The van der Waals surface area contributed by atoms with Gasteiger partial charge >= 0.3 is 0 Å². The summed E-state index contributed by atoms with van der Waals surface area (Å²) in [5.74, 6) is 1.01. The number of methoxy groups -OCH3 is 1. The van der Waals surface area contributed by atoms with E-state index >= 15 is 0 Å². The Balaban J connectivity index is 1.98. The minimum absolute atomic E-state index is 0.518. The van der Waals surface area contributed by atoms with Crippen LogP contribution in [0.5, 0.6) is 5.75 Å². The van der Waals surface area contributed by atoms with E-state index in [-0.39, 0.29) is 0 Å². The average molecular weight is 279 g/mol. The molecule has 2 aliphatic rings. The molecule has 0 N–H and O–H groups in total. The first-order valence-corrected chi connectivity index (χ1v) is 7.69. The second-order valence-corrected chi connectivity index (χ2v) is 6.31. The van der Waals surface area contributed by atoms with Crippen LogP contribution in [0.1, 0.15) is 28.3 Å². The molecule has 2 heteroatoms. The highest BCUT2D eigenvalue weighted by molar-refractivity contribution is 5.77. The Morgan fingerprint density at radius 3 is 2.81 bits per heavy atom. The van der Waals surface area contributed by atoms with Crippen LogP contribution in [-0.4, -0.2) is 25.6 Å². The molecular formula is C19H21NO. The summed E-state index contributed by atoms with van der Waals surface area (Å²) in [5.41, 5.74) is 8.56. The number of ether oxygens (including phenoxy) is 1. The quantitative estimate of drug-likeness (QED) is 0.788. The van der Waals surface area contributed by atoms with Crippen LogP contribution in [0.15, 0.2) is 30.3 Å². The fraction of sp³-hybridized carbons (Fsp3) is 0.368. The third kappa shape index (κ3) is 1.82. The van der Waals surface area contributed by atoms with E-state index in [1.807, 2.05) is 0 Å². The normalized spacial score (nSPS) is 19.9. The standard InChI is InChI=1S/C19H21NO/c1-12-9-16-14(11-18(12)21-3)10-17-19-13(7-8-20(17)2)5-4-6-15(16)19/h4-6,9,11,17H,7-8,10H2,1-3H3/t17-/m0/s1. The van der Waals surface area contributed by atoms with Crippen LogP contribution in [-0.2, 0) is 12.8 Å². The van der Waals surface area contributed by atoms with Gasteiger partial charge in [-0.15, -0.1) is 0 Å². The summed E-state index contributed by atoms with van der Waals surface area (Å²) in [4.78, 5) is 2.50. The number of benzene rings is 2. The van der Waals surface area contributed by atoms with Gasteiger partial charge in [0.15, 0.2) is 0 Å². The van der Waals surface area contributed by atoms with Gasteiger partial charge in [-0.05, 0) is 72.3 Å². The molecule has 0 spiro atoms. The van der Waals surface area contributed by atoms with E-state index in [4.69, 9.17) is 4.74 Å². The first-order valence-electron chi connectivity index (χ1n) is 7.69. The highest BCUT2D eigenvalue weighted by Crippen LogP contribution is 2.45. The Kier molecular flexibility index (Phi) is 2.83. The van der Waals surface area contributed by atoms with E-state index < -0.39 is 0 Å². The van der Waals surface area contributed by atoms with Crippen molar-refractivity contribution in [3.05, 3.63) is 52.6 Å². The van der Waals surface area contributed by atoms with Crippen LogP contribution in [0.25, 0.3) is 11.1 Å². The van der Waals surface area contributed by atoms with Crippen molar-refractivity contribution in [2.45, 2.75) is 25.8 Å². The minimum atomic E-state index is 0.518. The molecule has 0 amide bonds. The lowest BCUT2D eigenvalue weighted by atomic mass is 9.77. The Morgan fingerprint density at radius 1 is 1.14 bits per heavy atom. The van der Waals surface area contributed by atoms with E-state index in [1.54, 1.807) is 12.7 Å². The maximum absolute atomic E-state index is 5.52. The van der Waals surface area contributed by atoms with Gasteiger partial charge in [-0.25, -0.2) is 0 Å². The molecule has 0 radical (unpaired) electrons. The predicted octanol–water partition coefficient (Wildman–Crippen LogP) is 3.76. The van der Waals surface area contributed by atoms with Crippen LogP contribution in [0, 0.1) is 6.92 Å². The molecule has 0 bridgehead atoms. The lowest BCUT2D eigenvalue weighted by Crippen LogP contribution is -2.35. The van der Waals surface area contributed by atoms with Crippen LogP contribution in [0.3, 0.4) is 0 Å². The Labute approximate surface area is 126 Å². The van der Waals surface area contributed by atoms with E-state index in [9.17, 15) is 0 Å². The number of nitrogens with zero attached hydrogens (tertiary/aromatic N) is 1. The highest BCUT2D eigenvalue weighted by atomic mass is 16.5. The van der Waals surface area contributed by atoms with Gasteiger partial charge in [-0.1, -0.05) is 18.2 Å². The summed E-state index contributed by atoms with van der Waals surface area (Å²) in [6.45, 7) is 3.28. The number of aryl methyl sites for hydroxylation is 1. The molecule has 0 saturated carbocycles. The topological polar surface area (TPSA) is 12.5 Å². The highest BCUT2D eigenvalue weighted by Gasteiger charge is 2.32. The first kappa shape index (κ1) is 12.9. The molecule has 0 unspecified atom stereocenters. The number of fused-ring (bicyclic) bond motifs is 2. The van der Waals surface area contributed by atoms with Crippen molar-refractivity contribution in [3.63, 3.8) is 0 Å². The molecule has 0 saturated heterocycles. The van der Waals surface area contributed by atoms with Crippen molar-refractivity contribution in [2.24, 2.45) is 0 Å². The SMILES string of the molecule is COc1cc2c(cc1C)-c1cccc3c1[C@H](C2)N(C)CC3. The summed E-state index contributed by atoms with van der Waals surface area (Å²) in [6, 6.07) is 11.9. The van der Waals surface area contributed by atoms with Gasteiger partial charge in [-0.3, -0.25) is 4.90 Å². The molecule has 21 heavy (non-hydrogen) atoms. The van der Waals surface area contributed by atoms with Crippen molar-refractivity contribution in [1.82, 2.24) is 4.90 Å². The molecule has 2 nitrogen and oxygen atoms in total. The van der Waals surface area contributed by atoms with Crippen LogP contribution < -0.4 is 4.74 Å². The third-order valence-corrected chi connectivity index (χ3v) is 5.12. The lowest BCUT2D eigenvalue weighted by Gasteiger charge is -2.40. The van der Waals surface area contributed by atoms with Gasteiger partial charge in [0.25, 0.3) is 0 Å². The Hall–Kier alpha value is -1.80. The zero-order chi connectivity index (χ0) is 14.6. The second kappa shape index (κ2) is 4.60. The van der Waals surface area contributed by atoms with Crippen molar-refractivity contribution >= 4 is 0 Å². The molecule has 1 atom stereocenters. The molecule has 108 valence electrons. The molecule has 4 rings (SSSR count). The fourth-order valence-electron chi connectivity index (χ4n) is 3.97. The number of hydrogen-bond acceptors (Lipinski definition) is 2. The summed E-state index contributed by atoms with van der Waals surface area (Å²) in [6.07, 6.45) is 2.26. The van der Waals surface area contributed by atoms with Gasteiger partial charge in [0, 0.05) is 12.6 Å². The van der Waals surface area contributed by atoms with Crippen LogP contribution in [0.2, 0.25) is 0 Å². The molecule has 1 aliphatic carbocycles.